The van der Waals surface area contributed by atoms with Gasteiger partial charge >= 0.3 is 0 Å². The van der Waals surface area contributed by atoms with Crippen LogP contribution in [-0.4, -0.2) is 70.8 Å². The van der Waals surface area contributed by atoms with E-state index in [0.717, 1.165) is 21.7 Å². The molecule has 1 N–H and O–H groups in total. The summed E-state index contributed by atoms with van der Waals surface area (Å²) < 4.78 is 43.8. The van der Waals surface area contributed by atoms with Crippen LogP contribution in [0.2, 0.25) is 0 Å². The Kier molecular flexibility index (Phi) is 10.5. The number of carbonyl (C=O) groups excluding carboxylic acids is 2. The maximum absolute atomic E-state index is 14.2. The lowest BCUT2D eigenvalue weighted by molar-refractivity contribution is -0.140. The predicted octanol–water partition coefficient (Wildman–Crippen LogP) is 3.64. The molecule has 1 aliphatic rings. The Bertz CT molecular complexity index is 1510. The molecule has 1 heterocycles. The number of nitrogens with zero attached hydrogens (tertiary/aromatic N) is 2. The van der Waals surface area contributed by atoms with Crippen LogP contribution in [-0.2, 0) is 32.6 Å². The first-order valence-electron chi connectivity index (χ1n) is 14.2. The lowest BCUT2D eigenvalue weighted by Gasteiger charge is -2.34. The van der Waals surface area contributed by atoms with Crippen molar-refractivity contribution >= 4 is 27.5 Å². The van der Waals surface area contributed by atoms with E-state index in [4.69, 9.17) is 14.2 Å². The second-order valence-electron chi connectivity index (χ2n) is 10.8. The van der Waals surface area contributed by atoms with Crippen molar-refractivity contribution in [3.63, 3.8) is 0 Å². The minimum Gasteiger partial charge on any atom is -0.497 e. The maximum atomic E-state index is 14.2. The van der Waals surface area contributed by atoms with Crippen LogP contribution < -0.4 is 23.8 Å². The summed E-state index contributed by atoms with van der Waals surface area (Å²) in [5, 5.41) is 2.98. The van der Waals surface area contributed by atoms with Gasteiger partial charge in [0.1, 0.15) is 31.5 Å². The van der Waals surface area contributed by atoms with Gasteiger partial charge < -0.3 is 24.4 Å². The highest BCUT2D eigenvalue weighted by atomic mass is 32.2. The molecule has 0 unspecified atom stereocenters. The Morgan fingerprint density at radius 3 is 2.30 bits per heavy atom. The standard InChI is InChI=1S/C32H39N3O7S/c1-23(2)20-33-32(37)28(18-24-9-6-5-7-10-24)34(21-25-11-8-12-27(17-25)40-3)31(36)22-35(43(4,38)39)26-13-14-29-30(19-26)42-16-15-41-29/h5-14,17,19,23,28H,15-16,18,20-22H2,1-4H3,(H,33,37)/t28-/m1/s1. The van der Waals surface area contributed by atoms with Crippen molar-refractivity contribution in [1.82, 2.24) is 10.2 Å². The molecule has 43 heavy (non-hydrogen) atoms. The third-order valence-electron chi connectivity index (χ3n) is 6.94. The molecule has 11 heteroatoms. The fourth-order valence-electron chi connectivity index (χ4n) is 4.74. The normalized spacial score (nSPS) is 13.2. The number of ether oxygens (including phenoxy) is 3. The van der Waals surface area contributed by atoms with Gasteiger partial charge in [0, 0.05) is 25.6 Å². The zero-order chi connectivity index (χ0) is 31.0. The molecular weight excluding hydrogens is 570 g/mol. The quantitative estimate of drug-likeness (QED) is 0.315. The van der Waals surface area contributed by atoms with Crippen LogP contribution in [0.5, 0.6) is 17.2 Å². The predicted molar refractivity (Wildman–Crippen MR) is 165 cm³/mol. The van der Waals surface area contributed by atoms with E-state index in [-0.39, 0.29) is 30.5 Å². The minimum absolute atomic E-state index is 0.0569. The maximum Gasteiger partial charge on any atom is 0.244 e. The number of fused-ring (bicyclic) bond motifs is 1. The summed E-state index contributed by atoms with van der Waals surface area (Å²) in [5.41, 5.74) is 1.85. The molecule has 3 aromatic carbocycles. The fraction of sp³-hybridized carbons (Fsp3) is 0.375. The van der Waals surface area contributed by atoms with E-state index in [2.05, 4.69) is 5.32 Å². The molecule has 0 radical (unpaired) electrons. The van der Waals surface area contributed by atoms with Crippen LogP contribution in [0.25, 0.3) is 0 Å². The number of anilines is 1. The molecule has 230 valence electrons. The van der Waals surface area contributed by atoms with Crippen molar-refractivity contribution in [3.8, 4) is 17.2 Å². The zero-order valence-electron chi connectivity index (χ0n) is 25.0. The minimum atomic E-state index is -3.91. The number of rotatable bonds is 13. The molecule has 3 aromatic rings. The molecule has 0 spiro atoms. The summed E-state index contributed by atoms with van der Waals surface area (Å²) >= 11 is 0. The summed E-state index contributed by atoms with van der Waals surface area (Å²) in [6, 6.07) is 20.5. The molecule has 4 rings (SSSR count). The molecule has 0 saturated heterocycles. The highest BCUT2D eigenvalue weighted by Gasteiger charge is 2.33. The molecule has 0 aliphatic carbocycles. The van der Waals surface area contributed by atoms with Crippen LogP contribution in [0.3, 0.4) is 0 Å². The third kappa shape index (κ3) is 8.63. The molecule has 1 atom stereocenters. The summed E-state index contributed by atoms with van der Waals surface area (Å²) in [4.78, 5) is 29.4. The number of benzene rings is 3. The number of hydrogen-bond acceptors (Lipinski definition) is 7. The van der Waals surface area contributed by atoms with Gasteiger partial charge in [-0.05, 0) is 41.3 Å². The van der Waals surface area contributed by atoms with Gasteiger partial charge in [-0.1, -0.05) is 56.3 Å². The topological polar surface area (TPSA) is 114 Å². The zero-order valence-corrected chi connectivity index (χ0v) is 25.8. The Morgan fingerprint density at radius 1 is 0.930 bits per heavy atom. The molecule has 0 bridgehead atoms. The Labute approximate surface area is 253 Å². The van der Waals surface area contributed by atoms with Crippen molar-refractivity contribution in [2.24, 2.45) is 5.92 Å². The molecular formula is C32H39N3O7S. The smallest absolute Gasteiger partial charge is 0.244 e. The Hall–Kier alpha value is -4.25. The lowest BCUT2D eigenvalue weighted by Crippen LogP contribution is -2.53. The lowest BCUT2D eigenvalue weighted by atomic mass is 10.0. The van der Waals surface area contributed by atoms with Crippen LogP contribution in [0.15, 0.2) is 72.8 Å². The molecule has 0 aromatic heterocycles. The van der Waals surface area contributed by atoms with E-state index in [9.17, 15) is 18.0 Å². The van der Waals surface area contributed by atoms with Crippen LogP contribution in [0.4, 0.5) is 5.69 Å². The van der Waals surface area contributed by atoms with Crippen molar-refractivity contribution in [2.45, 2.75) is 32.9 Å². The Morgan fingerprint density at radius 2 is 1.63 bits per heavy atom. The van der Waals surface area contributed by atoms with E-state index in [1.165, 1.54) is 4.90 Å². The number of amides is 2. The van der Waals surface area contributed by atoms with Crippen LogP contribution in [0.1, 0.15) is 25.0 Å². The van der Waals surface area contributed by atoms with Gasteiger partial charge in [-0.3, -0.25) is 13.9 Å². The number of nitrogens with one attached hydrogen (secondary N) is 1. The molecule has 10 nitrogen and oxygen atoms in total. The van der Waals surface area contributed by atoms with E-state index in [0.29, 0.717) is 37.0 Å². The van der Waals surface area contributed by atoms with Gasteiger partial charge in [0.2, 0.25) is 21.8 Å². The summed E-state index contributed by atoms with van der Waals surface area (Å²) in [5.74, 6) is 0.831. The summed E-state index contributed by atoms with van der Waals surface area (Å²) in [6.45, 7) is 4.66. The summed E-state index contributed by atoms with van der Waals surface area (Å²) in [7, 11) is -2.36. The molecule has 0 fully saturated rings. The number of sulfonamides is 1. The average Bonchev–Trinajstić information content (AvgIpc) is 3.00. The molecule has 1 aliphatic heterocycles. The van der Waals surface area contributed by atoms with Crippen LogP contribution >= 0.6 is 0 Å². The van der Waals surface area contributed by atoms with Gasteiger partial charge in [-0.25, -0.2) is 8.42 Å². The van der Waals surface area contributed by atoms with E-state index >= 15 is 0 Å². The molecule has 0 saturated carbocycles. The first-order chi connectivity index (χ1) is 20.5. The van der Waals surface area contributed by atoms with Crippen molar-refractivity contribution in [1.29, 1.82) is 0 Å². The van der Waals surface area contributed by atoms with Gasteiger partial charge in [0.25, 0.3) is 0 Å². The largest absolute Gasteiger partial charge is 0.497 e. The van der Waals surface area contributed by atoms with Gasteiger partial charge in [0.05, 0.1) is 19.1 Å². The highest BCUT2D eigenvalue weighted by molar-refractivity contribution is 7.92. The first kappa shape index (κ1) is 31.7. The van der Waals surface area contributed by atoms with E-state index in [1.807, 2.05) is 50.2 Å². The number of carbonyl (C=O) groups is 2. The second kappa shape index (κ2) is 14.3. The Balaban J connectivity index is 1.73. The van der Waals surface area contributed by atoms with Gasteiger partial charge in [-0.2, -0.15) is 0 Å². The van der Waals surface area contributed by atoms with Gasteiger partial charge in [-0.15, -0.1) is 0 Å². The third-order valence-corrected chi connectivity index (χ3v) is 8.08. The average molecular weight is 610 g/mol. The molecule has 2 amide bonds. The van der Waals surface area contributed by atoms with Gasteiger partial charge in [0.15, 0.2) is 11.5 Å². The van der Waals surface area contributed by atoms with Crippen LogP contribution in [0, 0.1) is 5.92 Å². The second-order valence-corrected chi connectivity index (χ2v) is 12.7. The van der Waals surface area contributed by atoms with Crippen molar-refractivity contribution in [2.75, 3.05) is 44.0 Å². The summed E-state index contributed by atoms with van der Waals surface area (Å²) in [6.07, 6.45) is 1.28. The SMILES string of the molecule is COc1cccc(CN(C(=O)CN(c2ccc3c(c2)OCCO3)S(C)(=O)=O)[C@H](Cc2ccccc2)C(=O)NCC(C)C)c1. The van der Waals surface area contributed by atoms with Crippen molar-refractivity contribution in [3.05, 3.63) is 83.9 Å². The number of methoxy groups -OCH3 is 1. The highest BCUT2D eigenvalue weighted by Crippen LogP contribution is 2.35. The first-order valence-corrected chi connectivity index (χ1v) is 16.0. The van der Waals surface area contributed by atoms with Crippen molar-refractivity contribution < 1.29 is 32.2 Å². The van der Waals surface area contributed by atoms with E-state index in [1.54, 1.807) is 43.5 Å². The number of hydrogen-bond donors (Lipinski definition) is 1. The van der Waals surface area contributed by atoms with E-state index < -0.39 is 28.5 Å². The fourth-order valence-corrected chi connectivity index (χ4v) is 5.59. The monoisotopic (exact) mass is 609 g/mol.